The lowest BCUT2D eigenvalue weighted by atomic mass is 9.93. The summed E-state index contributed by atoms with van der Waals surface area (Å²) in [7, 11) is -2.41. The highest BCUT2D eigenvalue weighted by Gasteiger charge is 2.46. The van der Waals surface area contributed by atoms with E-state index in [1.54, 1.807) is 0 Å². The molecule has 0 aromatic heterocycles. The van der Waals surface area contributed by atoms with Crippen molar-refractivity contribution in [1.29, 1.82) is 0 Å². The van der Waals surface area contributed by atoms with Crippen molar-refractivity contribution in [3.63, 3.8) is 0 Å². The van der Waals surface area contributed by atoms with Gasteiger partial charge in [0, 0.05) is 0 Å². The van der Waals surface area contributed by atoms with E-state index < -0.39 is 17.2 Å². The van der Waals surface area contributed by atoms with Gasteiger partial charge in [0.05, 0.1) is 44.1 Å². The van der Waals surface area contributed by atoms with Crippen LogP contribution in [0.15, 0.2) is 0 Å². The Balaban J connectivity index is 1.32. The summed E-state index contributed by atoms with van der Waals surface area (Å²) in [6.07, 6.45) is 12.7. The average Bonchev–Trinajstić information content (AvgIpc) is 2.69. The van der Waals surface area contributed by atoms with Crippen LogP contribution in [0.25, 0.3) is 0 Å². The molecule has 0 unspecified atom stereocenters. The zero-order valence-corrected chi connectivity index (χ0v) is 16.7. The molecule has 3 saturated heterocycles. The van der Waals surface area contributed by atoms with Crippen LogP contribution in [0.3, 0.4) is 0 Å². The third-order valence-electron chi connectivity index (χ3n) is 5.48. The van der Waals surface area contributed by atoms with Gasteiger partial charge in [-0.25, -0.2) is 0 Å². The minimum Gasteiger partial charge on any atom is -0.311 e. The summed E-state index contributed by atoms with van der Waals surface area (Å²) in [5.41, 5.74) is -0.205. The molecule has 25 heavy (non-hydrogen) atoms. The molecular formula is C17H30O6P2. The van der Waals surface area contributed by atoms with Crippen LogP contribution in [0.4, 0.5) is 0 Å². The van der Waals surface area contributed by atoms with E-state index in [2.05, 4.69) is 0 Å². The summed E-state index contributed by atoms with van der Waals surface area (Å²) >= 11 is 0. The van der Waals surface area contributed by atoms with Gasteiger partial charge in [0.25, 0.3) is 0 Å². The lowest BCUT2D eigenvalue weighted by Crippen LogP contribution is -2.46. The minimum absolute atomic E-state index is 0.205. The molecule has 6 nitrogen and oxygen atoms in total. The predicted octanol–water partition coefficient (Wildman–Crippen LogP) is 5.22. The van der Waals surface area contributed by atoms with Crippen LogP contribution in [0.1, 0.15) is 64.2 Å². The molecule has 5 aliphatic rings. The van der Waals surface area contributed by atoms with E-state index in [9.17, 15) is 0 Å². The monoisotopic (exact) mass is 392 g/mol. The summed E-state index contributed by atoms with van der Waals surface area (Å²) in [5, 5.41) is 0. The standard InChI is InChI=1S/C17H30O6P2/c1-3-7-15(8-4-1)22-25(23-16-9-5-2-6-10-16)21-14-17-11-18-24(19-12-17)20-13-17/h15-16H,1-14H2. The first-order chi connectivity index (χ1) is 12.3. The van der Waals surface area contributed by atoms with Crippen molar-refractivity contribution in [1.82, 2.24) is 0 Å². The zero-order valence-electron chi connectivity index (χ0n) is 14.9. The Morgan fingerprint density at radius 2 is 1.24 bits per heavy atom. The second-order valence-electron chi connectivity index (χ2n) is 7.77. The minimum atomic E-state index is -1.31. The topological polar surface area (TPSA) is 55.4 Å². The predicted molar refractivity (Wildman–Crippen MR) is 96.0 cm³/mol. The number of hydrogen-bond acceptors (Lipinski definition) is 6. The number of hydrogen-bond donors (Lipinski definition) is 0. The Labute approximate surface area is 153 Å². The van der Waals surface area contributed by atoms with Crippen molar-refractivity contribution in [2.24, 2.45) is 5.41 Å². The Morgan fingerprint density at radius 3 is 1.72 bits per heavy atom. The van der Waals surface area contributed by atoms with Gasteiger partial charge in [-0.15, -0.1) is 0 Å². The van der Waals surface area contributed by atoms with Gasteiger partial charge in [0.1, 0.15) is 0 Å². The third kappa shape index (κ3) is 5.33. The Hall–Kier alpha value is 0.620. The van der Waals surface area contributed by atoms with Gasteiger partial charge < -0.3 is 27.1 Å². The van der Waals surface area contributed by atoms with Gasteiger partial charge in [-0.05, 0) is 25.7 Å². The smallest absolute Gasteiger partial charge is 0.311 e. The van der Waals surface area contributed by atoms with Gasteiger partial charge in [0.2, 0.25) is 0 Å². The largest absolute Gasteiger partial charge is 0.333 e. The van der Waals surface area contributed by atoms with Gasteiger partial charge in [-0.2, -0.15) is 0 Å². The average molecular weight is 392 g/mol. The molecule has 0 N–H and O–H groups in total. The van der Waals surface area contributed by atoms with Crippen LogP contribution in [-0.4, -0.2) is 38.6 Å². The zero-order chi connectivity index (χ0) is 17.0. The van der Waals surface area contributed by atoms with Gasteiger partial charge >= 0.3 is 17.2 Å². The maximum atomic E-state index is 6.29. The summed E-state index contributed by atoms with van der Waals surface area (Å²) < 4.78 is 35.5. The second-order valence-corrected chi connectivity index (χ2v) is 10.1. The fourth-order valence-electron chi connectivity index (χ4n) is 3.79. The van der Waals surface area contributed by atoms with Crippen LogP contribution >= 0.6 is 17.2 Å². The molecule has 5 rings (SSSR count). The summed E-state index contributed by atoms with van der Waals surface area (Å²) in [5.74, 6) is 0. The maximum Gasteiger partial charge on any atom is 0.333 e. The van der Waals surface area contributed by atoms with Crippen molar-refractivity contribution in [3.05, 3.63) is 0 Å². The molecule has 3 heterocycles. The van der Waals surface area contributed by atoms with Crippen molar-refractivity contribution in [2.75, 3.05) is 26.4 Å². The van der Waals surface area contributed by atoms with E-state index >= 15 is 0 Å². The summed E-state index contributed by atoms with van der Waals surface area (Å²) in [4.78, 5) is 0. The van der Waals surface area contributed by atoms with E-state index in [1.165, 1.54) is 38.5 Å². The molecule has 2 saturated carbocycles. The van der Waals surface area contributed by atoms with Gasteiger partial charge in [0.15, 0.2) is 0 Å². The van der Waals surface area contributed by atoms with Crippen molar-refractivity contribution >= 4 is 17.2 Å². The molecule has 8 heteroatoms. The van der Waals surface area contributed by atoms with E-state index in [4.69, 9.17) is 27.1 Å². The molecule has 0 spiro atoms. The summed E-state index contributed by atoms with van der Waals surface area (Å²) in [6, 6.07) is 0. The third-order valence-corrected chi connectivity index (χ3v) is 7.78. The highest BCUT2D eigenvalue weighted by atomic mass is 31.2. The number of rotatable bonds is 7. The van der Waals surface area contributed by atoms with Crippen molar-refractivity contribution in [3.8, 4) is 0 Å². The lowest BCUT2D eigenvalue weighted by molar-refractivity contribution is -0.0960. The van der Waals surface area contributed by atoms with E-state index in [0.717, 1.165) is 25.7 Å². The second kappa shape index (κ2) is 9.21. The SMILES string of the molecule is C1CCC(OP(OCC23COP(OC2)OC3)OC2CCCCC2)CC1. The molecule has 0 atom stereocenters. The Kier molecular flexibility index (Phi) is 6.98. The quantitative estimate of drug-likeness (QED) is 0.554. The normalized spacial score (nSPS) is 34.7. The molecule has 0 amide bonds. The first kappa shape index (κ1) is 19.0. The molecule has 0 radical (unpaired) electrons. The molecule has 2 aliphatic carbocycles. The summed E-state index contributed by atoms with van der Waals surface area (Å²) in [6.45, 7) is 2.46. The van der Waals surface area contributed by atoms with Gasteiger partial charge in [-0.3, -0.25) is 0 Å². The van der Waals surface area contributed by atoms with E-state index in [-0.39, 0.29) is 17.6 Å². The number of fused-ring (bicyclic) bond motifs is 3. The molecule has 0 aromatic rings. The van der Waals surface area contributed by atoms with Crippen LogP contribution < -0.4 is 0 Å². The molecular weight excluding hydrogens is 362 g/mol. The highest BCUT2D eigenvalue weighted by molar-refractivity contribution is 7.42. The fourth-order valence-corrected chi connectivity index (χ4v) is 6.61. The fraction of sp³-hybridized carbons (Fsp3) is 1.00. The van der Waals surface area contributed by atoms with E-state index in [0.29, 0.717) is 26.4 Å². The molecule has 3 aliphatic heterocycles. The first-order valence-corrected chi connectivity index (χ1v) is 12.0. The van der Waals surface area contributed by atoms with E-state index in [1.807, 2.05) is 0 Å². The first-order valence-electron chi connectivity index (χ1n) is 9.77. The lowest BCUT2D eigenvalue weighted by Gasteiger charge is -2.44. The molecule has 0 aromatic carbocycles. The van der Waals surface area contributed by atoms with Crippen molar-refractivity contribution in [2.45, 2.75) is 76.4 Å². The van der Waals surface area contributed by atoms with Crippen LogP contribution in [0.2, 0.25) is 0 Å². The molecule has 144 valence electrons. The molecule has 2 bridgehead atoms. The Bertz CT molecular complexity index is 372. The van der Waals surface area contributed by atoms with Crippen molar-refractivity contribution < 1.29 is 27.1 Å². The molecule has 5 fully saturated rings. The maximum absolute atomic E-state index is 6.29. The van der Waals surface area contributed by atoms with Crippen LogP contribution in [-0.2, 0) is 27.1 Å². The Morgan fingerprint density at radius 1 is 0.760 bits per heavy atom. The van der Waals surface area contributed by atoms with Crippen LogP contribution in [0.5, 0.6) is 0 Å². The van der Waals surface area contributed by atoms with Gasteiger partial charge in [-0.1, -0.05) is 38.5 Å². The van der Waals surface area contributed by atoms with Crippen LogP contribution in [0, 0.1) is 5.41 Å². The highest BCUT2D eigenvalue weighted by Crippen LogP contribution is 2.55.